The molecule has 2 aromatic rings. The minimum absolute atomic E-state index is 0.121. The van der Waals surface area contributed by atoms with Gasteiger partial charge in [0.25, 0.3) is 5.91 Å². The van der Waals surface area contributed by atoms with Crippen LogP contribution in [0, 0.1) is 0 Å². The molecule has 0 aliphatic carbocycles. The third-order valence-electron chi connectivity index (χ3n) is 4.19. The molecule has 0 bridgehead atoms. The number of urea groups is 1. The summed E-state index contributed by atoms with van der Waals surface area (Å²) in [5, 5.41) is 2.81. The molecule has 0 saturated heterocycles. The van der Waals surface area contributed by atoms with E-state index in [1.165, 1.54) is 11.2 Å². The molecule has 7 heteroatoms. The van der Waals surface area contributed by atoms with Gasteiger partial charge in [0.15, 0.2) is 0 Å². The summed E-state index contributed by atoms with van der Waals surface area (Å²) in [4.78, 5) is 28.1. The summed E-state index contributed by atoms with van der Waals surface area (Å²) in [7, 11) is 1.66. The van der Waals surface area contributed by atoms with Crippen molar-refractivity contribution in [3.63, 3.8) is 0 Å². The fourth-order valence-electron chi connectivity index (χ4n) is 3.01. The fraction of sp³-hybridized carbons (Fsp3) is 0.250. The molecule has 7 nitrogen and oxygen atoms in total. The van der Waals surface area contributed by atoms with Crippen LogP contribution >= 0.6 is 0 Å². The van der Waals surface area contributed by atoms with E-state index in [9.17, 15) is 9.59 Å². The molecule has 0 radical (unpaired) electrons. The van der Waals surface area contributed by atoms with Crippen molar-refractivity contribution in [1.82, 2.24) is 15.1 Å². The van der Waals surface area contributed by atoms with Gasteiger partial charge in [-0.15, -0.1) is 0 Å². The van der Waals surface area contributed by atoms with Crippen molar-refractivity contribution >= 4 is 11.9 Å². The van der Waals surface area contributed by atoms with Crippen LogP contribution in [0.1, 0.15) is 17.6 Å². The highest BCUT2D eigenvalue weighted by atomic mass is 16.3. The maximum atomic E-state index is 12.8. The molecule has 0 saturated carbocycles. The monoisotopic (exact) mass is 313 g/mol. The van der Waals surface area contributed by atoms with Gasteiger partial charge < -0.3 is 19.1 Å². The number of hydrogen-bond acceptors (Lipinski definition) is 4. The van der Waals surface area contributed by atoms with Gasteiger partial charge in [-0.3, -0.25) is 9.69 Å². The molecule has 1 N–H and O–H groups in total. The summed E-state index contributed by atoms with van der Waals surface area (Å²) in [5.41, 5.74) is 1.25. The van der Waals surface area contributed by atoms with Crippen molar-refractivity contribution in [2.75, 3.05) is 13.6 Å². The van der Waals surface area contributed by atoms with Crippen LogP contribution in [-0.4, -0.2) is 35.3 Å². The normalized spacial score (nSPS) is 21.0. The number of hydrogen-bond donors (Lipinski definition) is 1. The third-order valence-corrected chi connectivity index (χ3v) is 4.19. The quantitative estimate of drug-likeness (QED) is 0.938. The number of nitrogens with one attached hydrogen (secondary N) is 1. The lowest BCUT2D eigenvalue weighted by Crippen LogP contribution is -2.45. The van der Waals surface area contributed by atoms with Crippen molar-refractivity contribution in [1.29, 1.82) is 0 Å². The van der Waals surface area contributed by atoms with Crippen molar-refractivity contribution in [2.24, 2.45) is 0 Å². The number of carbonyl (C=O) groups excluding carboxylic acids is 2. The molecule has 2 aliphatic heterocycles. The van der Waals surface area contributed by atoms with Crippen LogP contribution in [0.3, 0.4) is 0 Å². The van der Waals surface area contributed by atoms with E-state index in [0.29, 0.717) is 35.9 Å². The molecule has 2 aliphatic rings. The Morgan fingerprint density at radius 2 is 2.00 bits per heavy atom. The molecular formula is C16H15N3O4. The molecule has 4 rings (SSSR count). The molecule has 0 aromatic carbocycles. The maximum Gasteiger partial charge on any atom is 0.322 e. The lowest BCUT2D eigenvalue weighted by molar-refractivity contribution is -0.126. The maximum absolute atomic E-state index is 12.8. The van der Waals surface area contributed by atoms with Crippen LogP contribution in [-0.2, 0) is 11.3 Å². The van der Waals surface area contributed by atoms with Gasteiger partial charge >= 0.3 is 6.03 Å². The van der Waals surface area contributed by atoms with Gasteiger partial charge in [-0.25, -0.2) is 4.79 Å². The van der Waals surface area contributed by atoms with Crippen molar-refractivity contribution in [2.45, 2.75) is 12.6 Å². The van der Waals surface area contributed by atoms with E-state index in [1.807, 2.05) is 6.07 Å². The summed E-state index contributed by atoms with van der Waals surface area (Å²) in [6.07, 6.45) is 3.10. The van der Waals surface area contributed by atoms with Crippen LogP contribution in [0.4, 0.5) is 4.79 Å². The Kier molecular flexibility index (Phi) is 3.00. The average Bonchev–Trinajstić information content (AvgIpc) is 3.26. The first-order valence-electron chi connectivity index (χ1n) is 7.27. The first-order chi connectivity index (χ1) is 11.1. The largest absolute Gasteiger partial charge is 0.467 e. The van der Waals surface area contributed by atoms with E-state index in [2.05, 4.69) is 5.32 Å². The Hall–Kier alpha value is -2.96. The van der Waals surface area contributed by atoms with Crippen LogP contribution in [0.5, 0.6) is 0 Å². The van der Waals surface area contributed by atoms with E-state index >= 15 is 0 Å². The van der Waals surface area contributed by atoms with Gasteiger partial charge in [0.05, 0.1) is 36.9 Å². The Balaban J connectivity index is 1.68. The predicted molar refractivity (Wildman–Crippen MR) is 78.9 cm³/mol. The van der Waals surface area contributed by atoms with Crippen molar-refractivity contribution in [3.8, 4) is 0 Å². The van der Waals surface area contributed by atoms with E-state index in [0.717, 1.165) is 0 Å². The lowest BCUT2D eigenvalue weighted by Gasteiger charge is -2.29. The summed E-state index contributed by atoms with van der Waals surface area (Å²) in [5.74, 6) is 1.13. The predicted octanol–water partition coefficient (Wildman–Crippen LogP) is 1.87. The molecule has 4 heterocycles. The minimum Gasteiger partial charge on any atom is -0.467 e. The molecule has 1 atom stereocenters. The summed E-state index contributed by atoms with van der Waals surface area (Å²) in [6.45, 7) is 0.738. The molecule has 1 unspecified atom stereocenters. The van der Waals surface area contributed by atoms with Gasteiger partial charge in [-0.2, -0.15) is 0 Å². The molecule has 118 valence electrons. The Morgan fingerprint density at radius 1 is 1.22 bits per heavy atom. The topological polar surface area (TPSA) is 78.9 Å². The molecule has 0 spiro atoms. The number of furan rings is 2. The van der Waals surface area contributed by atoms with E-state index in [-0.39, 0.29) is 11.9 Å². The van der Waals surface area contributed by atoms with E-state index < -0.39 is 6.04 Å². The standard InChI is InChI=1S/C16H15N3O4/c1-18-11-9-19(8-10-4-2-6-22-10)15(20)13(11)14(17-16(18)21)12-5-3-7-23-12/h2-7,14H,8-9H2,1H3,(H,17,21). The number of nitrogens with zero attached hydrogens (tertiary/aromatic N) is 2. The smallest absolute Gasteiger partial charge is 0.322 e. The highest BCUT2D eigenvalue weighted by molar-refractivity contribution is 6.01. The Morgan fingerprint density at radius 3 is 2.70 bits per heavy atom. The first kappa shape index (κ1) is 13.7. The summed E-state index contributed by atoms with van der Waals surface area (Å²) in [6, 6.07) is 6.28. The zero-order chi connectivity index (χ0) is 16.0. The SMILES string of the molecule is CN1C(=O)NC(c2ccco2)C2=C1CN(Cc1ccco1)C2=O. The molecule has 2 aromatic heterocycles. The summed E-state index contributed by atoms with van der Waals surface area (Å²) < 4.78 is 10.7. The second-order valence-corrected chi connectivity index (χ2v) is 5.56. The minimum atomic E-state index is -0.558. The number of rotatable bonds is 3. The van der Waals surface area contributed by atoms with Crippen LogP contribution in [0.25, 0.3) is 0 Å². The van der Waals surface area contributed by atoms with Crippen LogP contribution < -0.4 is 5.32 Å². The second-order valence-electron chi connectivity index (χ2n) is 5.56. The lowest BCUT2D eigenvalue weighted by atomic mass is 10.0. The van der Waals surface area contributed by atoms with Crippen molar-refractivity contribution in [3.05, 3.63) is 59.6 Å². The van der Waals surface area contributed by atoms with Gasteiger partial charge in [0, 0.05) is 7.05 Å². The second kappa shape index (κ2) is 5.05. The van der Waals surface area contributed by atoms with Crippen LogP contribution in [0.15, 0.2) is 56.9 Å². The zero-order valence-corrected chi connectivity index (χ0v) is 12.5. The molecule has 0 fully saturated rings. The van der Waals surface area contributed by atoms with E-state index in [1.54, 1.807) is 36.4 Å². The fourth-order valence-corrected chi connectivity index (χ4v) is 3.01. The number of likely N-dealkylation sites (N-methyl/N-ethyl adjacent to an activating group) is 1. The Bertz CT molecular complexity index is 776. The van der Waals surface area contributed by atoms with Crippen molar-refractivity contribution < 1.29 is 18.4 Å². The van der Waals surface area contributed by atoms with Gasteiger partial charge in [-0.05, 0) is 24.3 Å². The first-order valence-corrected chi connectivity index (χ1v) is 7.27. The van der Waals surface area contributed by atoms with Crippen LogP contribution in [0.2, 0.25) is 0 Å². The third kappa shape index (κ3) is 2.12. The van der Waals surface area contributed by atoms with Gasteiger partial charge in [-0.1, -0.05) is 0 Å². The Labute approximate surface area is 132 Å². The summed E-state index contributed by atoms with van der Waals surface area (Å²) >= 11 is 0. The zero-order valence-electron chi connectivity index (χ0n) is 12.5. The van der Waals surface area contributed by atoms with E-state index in [4.69, 9.17) is 8.83 Å². The number of amides is 3. The van der Waals surface area contributed by atoms with Gasteiger partial charge in [0.2, 0.25) is 0 Å². The molecule has 3 amide bonds. The number of carbonyl (C=O) groups is 2. The highest BCUT2D eigenvalue weighted by Gasteiger charge is 2.43. The average molecular weight is 313 g/mol. The molecule has 23 heavy (non-hydrogen) atoms. The highest BCUT2D eigenvalue weighted by Crippen LogP contribution is 2.36. The van der Waals surface area contributed by atoms with Gasteiger partial charge in [0.1, 0.15) is 17.6 Å². The molecular weight excluding hydrogens is 298 g/mol.